The van der Waals surface area contributed by atoms with E-state index in [2.05, 4.69) is 314 Å². The van der Waals surface area contributed by atoms with E-state index >= 15 is 0 Å². The smallest absolute Gasteiger partial charge is 0.0714 e. The summed E-state index contributed by atoms with van der Waals surface area (Å²) in [6, 6.07) is 113. The molecule has 1 nitrogen and oxygen atoms in total. The summed E-state index contributed by atoms with van der Waals surface area (Å²) < 4.78 is 0. The zero-order chi connectivity index (χ0) is 49.3. The van der Waals surface area contributed by atoms with Crippen LogP contribution in [0.2, 0.25) is 0 Å². The first kappa shape index (κ1) is 44.4. The van der Waals surface area contributed by atoms with Crippen molar-refractivity contribution >= 4 is 17.1 Å². The topological polar surface area (TPSA) is 3.24 Å². The third kappa shape index (κ3) is 7.75. The van der Waals surface area contributed by atoms with E-state index in [9.17, 15) is 0 Å². The summed E-state index contributed by atoms with van der Waals surface area (Å²) in [6.07, 6.45) is 0. The maximum Gasteiger partial charge on any atom is 0.0714 e. The van der Waals surface area contributed by atoms with Gasteiger partial charge >= 0.3 is 0 Å². The lowest BCUT2D eigenvalue weighted by atomic mass is 9.67. The molecule has 0 saturated carbocycles. The van der Waals surface area contributed by atoms with Gasteiger partial charge in [-0.1, -0.05) is 279 Å². The Morgan fingerprint density at radius 1 is 0.216 bits per heavy atom. The molecule has 0 heterocycles. The number of nitrogens with zero attached hydrogens (tertiary/aromatic N) is 1. The van der Waals surface area contributed by atoms with Gasteiger partial charge in [0.05, 0.1) is 11.1 Å². The van der Waals surface area contributed by atoms with E-state index in [0.717, 1.165) is 33.8 Å². The highest BCUT2D eigenvalue weighted by molar-refractivity contribution is 6.00. The zero-order valence-electron chi connectivity index (χ0n) is 40.9. The first-order chi connectivity index (χ1) is 36.7. The second-order valence-electron chi connectivity index (χ2n) is 19.1. The molecule has 0 saturated heterocycles. The summed E-state index contributed by atoms with van der Waals surface area (Å²) >= 11 is 0. The van der Waals surface area contributed by atoms with Crippen molar-refractivity contribution in [3.8, 4) is 77.9 Å². The largest absolute Gasteiger partial charge is 0.310 e. The van der Waals surface area contributed by atoms with Crippen LogP contribution in [0.5, 0.6) is 0 Å². The fraction of sp³-hybridized carbons (Fsp3) is 0.0137. The predicted molar refractivity (Wildman–Crippen MR) is 311 cm³/mol. The van der Waals surface area contributed by atoms with E-state index < -0.39 is 5.41 Å². The van der Waals surface area contributed by atoms with Crippen LogP contribution in [0.15, 0.2) is 309 Å². The molecule has 1 aliphatic carbocycles. The van der Waals surface area contributed by atoms with Gasteiger partial charge in [-0.15, -0.1) is 0 Å². The monoisotopic (exact) mass is 941 g/mol. The van der Waals surface area contributed by atoms with Gasteiger partial charge in [-0.05, 0) is 125 Å². The molecule has 0 bridgehead atoms. The van der Waals surface area contributed by atoms with Gasteiger partial charge in [0.2, 0.25) is 0 Å². The highest BCUT2D eigenvalue weighted by Crippen LogP contribution is 2.57. The normalized spacial score (nSPS) is 12.2. The van der Waals surface area contributed by atoms with Gasteiger partial charge in [-0.2, -0.15) is 0 Å². The Bertz CT molecular complexity index is 3860. The molecular weight excluding hydrogens is 891 g/mol. The maximum absolute atomic E-state index is 2.47. The molecule has 348 valence electrons. The first-order valence-electron chi connectivity index (χ1n) is 25.6. The SMILES string of the molecule is c1ccc(-c2ccc(-c3ccccc3N(c3ccc(-c4cccc(-c5ccccc5)c4-c4ccccc4-c4ccccc4)cc3)c3ccc4c(c3)C(c3ccccc3)(c3ccccc3)c3ccccc3-4)cc2)cc1. The Labute approximate surface area is 434 Å². The lowest BCUT2D eigenvalue weighted by molar-refractivity contribution is 0.768. The first-order valence-corrected chi connectivity index (χ1v) is 25.6. The average Bonchev–Trinajstić information content (AvgIpc) is 3.80. The molecule has 0 N–H and O–H groups in total. The van der Waals surface area contributed by atoms with Crippen molar-refractivity contribution < 1.29 is 0 Å². The Hall–Kier alpha value is -9.56. The average molecular weight is 942 g/mol. The van der Waals surface area contributed by atoms with Crippen LogP contribution >= 0.6 is 0 Å². The molecule has 0 amide bonds. The molecule has 1 heteroatoms. The third-order valence-electron chi connectivity index (χ3n) is 15.0. The van der Waals surface area contributed by atoms with Gasteiger partial charge in [0, 0.05) is 16.9 Å². The number of anilines is 3. The van der Waals surface area contributed by atoms with Crippen LogP contribution in [0.25, 0.3) is 77.9 Å². The molecule has 0 atom stereocenters. The molecular formula is C73H51N. The quantitative estimate of drug-likeness (QED) is 0.125. The van der Waals surface area contributed by atoms with Crippen molar-refractivity contribution in [2.24, 2.45) is 0 Å². The number of rotatable bonds is 11. The highest BCUT2D eigenvalue weighted by Gasteiger charge is 2.46. The minimum atomic E-state index is -0.553. The summed E-state index contributed by atoms with van der Waals surface area (Å²) in [4.78, 5) is 2.47. The van der Waals surface area contributed by atoms with Crippen LogP contribution in [-0.4, -0.2) is 0 Å². The molecule has 12 aromatic rings. The van der Waals surface area contributed by atoms with Crippen molar-refractivity contribution in [3.63, 3.8) is 0 Å². The minimum Gasteiger partial charge on any atom is -0.310 e. The Balaban J connectivity index is 1.02. The number of hydrogen-bond acceptors (Lipinski definition) is 1. The van der Waals surface area contributed by atoms with Crippen LogP contribution in [0.3, 0.4) is 0 Å². The molecule has 0 fully saturated rings. The second kappa shape index (κ2) is 19.2. The van der Waals surface area contributed by atoms with E-state index in [-0.39, 0.29) is 0 Å². The van der Waals surface area contributed by atoms with Crippen LogP contribution in [-0.2, 0) is 5.41 Å². The Morgan fingerprint density at radius 3 is 1.20 bits per heavy atom. The van der Waals surface area contributed by atoms with E-state index in [0.29, 0.717) is 0 Å². The van der Waals surface area contributed by atoms with Gasteiger partial charge < -0.3 is 4.90 Å². The van der Waals surface area contributed by atoms with E-state index in [4.69, 9.17) is 0 Å². The van der Waals surface area contributed by atoms with E-state index in [1.54, 1.807) is 0 Å². The molecule has 13 rings (SSSR count). The molecule has 1 aliphatic rings. The molecule has 0 aliphatic heterocycles. The predicted octanol–water partition coefficient (Wildman–Crippen LogP) is 19.5. The summed E-state index contributed by atoms with van der Waals surface area (Å²) in [6.45, 7) is 0. The van der Waals surface area contributed by atoms with Gasteiger partial charge in [0.25, 0.3) is 0 Å². The molecule has 12 aromatic carbocycles. The minimum absolute atomic E-state index is 0.553. The van der Waals surface area contributed by atoms with Crippen molar-refractivity contribution in [2.75, 3.05) is 4.90 Å². The number of benzene rings is 12. The fourth-order valence-electron chi connectivity index (χ4n) is 11.7. The molecule has 0 radical (unpaired) electrons. The molecule has 0 spiro atoms. The number of para-hydroxylation sites is 1. The van der Waals surface area contributed by atoms with Gasteiger partial charge in [0.15, 0.2) is 0 Å². The zero-order valence-corrected chi connectivity index (χ0v) is 40.9. The van der Waals surface area contributed by atoms with E-state index in [1.807, 2.05) is 0 Å². The van der Waals surface area contributed by atoms with Crippen LogP contribution in [0.1, 0.15) is 22.3 Å². The molecule has 0 unspecified atom stereocenters. The van der Waals surface area contributed by atoms with Gasteiger partial charge in [-0.3, -0.25) is 0 Å². The second-order valence-corrected chi connectivity index (χ2v) is 19.1. The van der Waals surface area contributed by atoms with Crippen molar-refractivity contribution in [3.05, 3.63) is 332 Å². The third-order valence-corrected chi connectivity index (χ3v) is 15.0. The lowest BCUT2D eigenvalue weighted by Crippen LogP contribution is -2.28. The number of hydrogen-bond donors (Lipinski definition) is 0. The van der Waals surface area contributed by atoms with Crippen molar-refractivity contribution in [2.45, 2.75) is 5.41 Å². The highest BCUT2D eigenvalue weighted by atomic mass is 15.1. The van der Waals surface area contributed by atoms with Crippen molar-refractivity contribution in [1.82, 2.24) is 0 Å². The van der Waals surface area contributed by atoms with Crippen LogP contribution in [0.4, 0.5) is 17.1 Å². The summed E-state index contributed by atoms with van der Waals surface area (Å²) in [5, 5.41) is 0. The summed E-state index contributed by atoms with van der Waals surface area (Å²) in [7, 11) is 0. The molecule has 0 aromatic heterocycles. The lowest BCUT2D eigenvalue weighted by Gasteiger charge is -2.35. The summed E-state index contributed by atoms with van der Waals surface area (Å²) in [5.41, 5.74) is 24.4. The van der Waals surface area contributed by atoms with Crippen molar-refractivity contribution in [1.29, 1.82) is 0 Å². The maximum atomic E-state index is 2.47. The standard InChI is InChI=1S/C73H51N/c1-6-23-52(24-7-1)53-41-43-56(44-42-53)63-34-19-21-40-71(63)74(61-49-50-67-66-35-18-20-39-69(66)73(70(67)51-61,58-29-12-4-13-30-58)59-31-14-5-15-32-59)60-47-45-57(46-48-60)65-38-22-37-64(55-27-10-3-11-28-55)72(65)68-36-17-16-33-62(68)54-25-8-2-9-26-54/h1-51H. The van der Waals surface area contributed by atoms with Gasteiger partial charge in [-0.25, -0.2) is 0 Å². The molecule has 74 heavy (non-hydrogen) atoms. The summed E-state index contributed by atoms with van der Waals surface area (Å²) in [5.74, 6) is 0. The van der Waals surface area contributed by atoms with E-state index in [1.165, 1.54) is 83.5 Å². The number of fused-ring (bicyclic) bond motifs is 3. The Morgan fingerprint density at radius 2 is 0.595 bits per heavy atom. The van der Waals surface area contributed by atoms with Gasteiger partial charge in [0.1, 0.15) is 0 Å². The fourth-order valence-corrected chi connectivity index (χ4v) is 11.7. The van der Waals surface area contributed by atoms with Crippen LogP contribution in [0, 0.1) is 0 Å². The van der Waals surface area contributed by atoms with Crippen LogP contribution < -0.4 is 4.90 Å². The Kier molecular flexibility index (Phi) is 11.5.